The zero-order valence-electron chi connectivity index (χ0n) is 30.1. The highest BCUT2D eigenvalue weighted by atomic mass is 35.5. The molecule has 12 nitrogen and oxygen atoms in total. The number of carboxylic acids is 1. The first-order valence-electron chi connectivity index (χ1n) is 18.0. The van der Waals surface area contributed by atoms with Crippen LogP contribution in [0.3, 0.4) is 0 Å². The van der Waals surface area contributed by atoms with Crippen molar-refractivity contribution in [2.45, 2.75) is 31.1 Å². The molecule has 0 spiro atoms. The number of phenols is 1. The summed E-state index contributed by atoms with van der Waals surface area (Å²) in [5, 5.41) is 22.0. The number of carboxylic acid groups (broad SMARTS) is 1. The summed E-state index contributed by atoms with van der Waals surface area (Å²) in [6.07, 6.45) is 2.07. The van der Waals surface area contributed by atoms with Gasteiger partial charge in [-0.25, -0.2) is 4.79 Å². The number of carbonyl (C=O) groups is 5. The average Bonchev–Trinajstić information content (AvgIpc) is 3.57. The molecule has 4 aromatic rings. The maximum absolute atomic E-state index is 15.5. The van der Waals surface area contributed by atoms with Gasteiger partial charge in [0.05, 0.1) is 58.8 Å². The summed E-state index contributed by atoms with van der Waals surface area (Å²) in [6, 6.07) is 22.0. The number of anilines is 2. The third kappa shape index (κ3) is 5.61. The van der Waals surface area contributed by atoms with Crippen molar-refractivity contribution in [1.82, 2.24) is 5.01 Å². The zero-order chi connectivity index (χ0) is 39.6. The number of methoxy groups -OCH3 is 1. The molecule has 6 unspecified atom stereocenters. The number of aromatic carboxylic acids is 1. The molecule has 4 aliphatic rings. The molecule has 3 fully saturated rings. The number of rotatable bonds is 9. The quantitative estimate of drug-likeness (QED) is 0.119. The number of halogens is 2. The van der Waals surface area contributed by atoms with E-state index in [2.05, 4.69) is 5.43 Å². The van der Waals surface area contributed by atoms with Gasteiger partial charge in [0, 0.05) is 10.9 Å². The number of hydrazine groups is 1. The van der Waals surface area contributed by atoms with Gasteiger partial charge < -0.3 is 19.7 Å². The monoisotopic (exact) mass is 795 g/mol. The van der Waals surface area contributed by atoms with E-state index in [0.717, 1.165) is 9.91 Å². The SMILES string of the molecule is CCOc1cc(C2C3=CCC4C(=O)N(c5cccc(C(=O)O)c5)C(=O)C4C3CC3C(=O)N(Nc4ccc(Cl)cc4Cl)C(=O)C32c2ccc(OC)cc2)ccc1O. The van der Waals surface area contributed by atoms with E-state index in [1.165, 1.54) is 43.5 Å². The van der Waals surface area contributed by atoms with Crippen LogP contribution in [0.15, 0.2) is 96.6 Å². The van der Waals surface area contributed by atoms with Crippen LogP contribution < -0.4 is 19.8 Å². The maximum Gasteiger partial charge on any atom is 0.335 e. The first-order valence-corrected chi connectivity index (χ1v) is 18.8. The van der Waals surface area contributed by atoms with Gasteiger partial charge in [0.25, 0.3) is 11.8 Å². The number of fused-ring (bicyclic) bond motifs is 4. The van der Waals surface area contributed by atoms with Crippen LogP contribution in [0.1, 0.15) is 47.2 Å². The van der Waals surface area contributed by atoms with E-state index in [1.54, 1.807) is 55.5 Å². The van der Waals surface area contributed by atoms with Crippen molar-refractivity contribution in [2.24, 2.45) is 23.7 Å². The van der Waals surface area contributed by atoms with Crippen LogP contribution >= 0.6 is 23.2 Å². The van der Waals surface area contributed by atoms with Crippen molar-refractivity contribution in [3.8, 4) is 17.2 Å². The Bertz CT molecular complexity index is 2370. The molecule has 3 N–H and O–H groups in total. The molecule has 2 saturated heterocycles. The van der Waals surface area contributed by atoms with Crippen LogP contribution in [-0.2, 0) is 24.6 Å². The predicted octanol–water partition coefficient (Wildman–Crippen LogP) is 6.99. The molecule has 8 rings (SSSR count). The summed E-state index contributed by atoms with van der Waals surface area (Å²) in [5.74, 6) is -7.19. The largest absolute Gasteiger partial charge is 0.504 e. The summed E-state index contributed by atoms with van der Waals surface area (Å²) in [5.41, 5.74) is 3.39. The number of amides is 4. The lowest BCUT2D eigenvalue weighted by Crippen LogP contribution is -2.53. The summed E-state index contributed by atoms with van der Waals surface area (Å²) >= 11 is 12.7. The summed E-state index contributed by atoms with van der Waals surface area (Å²) < 4.78 is 11.3. The van der Waals surface area contributed by atoms with Gasteiger partial charge in [-0.1, -0.05) is 59.1 Å². The zero-order valence-corrected chi connectivity index (χ0v) is 31.6. The van der Waals surface area contributed by atoms with Crippen molar-refractivity contribution in [1.29, 1.82) is 0 Å². The Labute approximate surface area is 331 Å². The molecule has 14 heteroatoms. The van der Waals surface area contributed by atoms with Crippen LogP contribution in [0, 0.1) is 23.7 Å². The van der Waals surface area contributed by atoms with Crippen molar-refractivity contribution >= 4 is 64.2 Å². The lowest BCUT2D eigenvalue weighted by molar-refractivity contribution is -0.138. The predicted molar refractivity (Wildman–Crippen MR) is 206 cm³/mol. The van der Waals surface area contributed by atoms with E-state index in [4.69, 9.17) is 32.7 Å². The molecule has 4 aromatic carbocycles. The van der Waals surface area contributed by atoms with Gasteiger partial charge >= 0.3 is 5.97 Å². The van der Waals surface area contributed by atoms with Crippen molar-refractivity contribution in [2.75, 3.05) is 24.0 Å². The molecule has 2 aliphatic carbocycles. The second-order valence-electron chi connectivity index (χ2n) is 14.2. The van der Waals surface area contributed by atoms with Crippen LogP contribution in [0.5, 0.6) is 17.2 Å². The van der Waals surface area contributed by atoms with Gasteiger partial charge in [0.1, 0.15) is 5.75 Å². The smallest absolute Gasteiger partial charge is 0.335 e. The van der Waals surface area contributed by atoms with Crippen molar-refractivity contribution in [3.63, 3.8) is 0 Å². The van der Waals surface area contributed by atoms with Crippen molar-refractivity contribution < 1.29 is 43.7 Å². The standard InChI is InChI=1S/C42H35Cl2N3O9/c1-3-56-34-18-21(7-16-33(34)48)36-27-13-14-28-35(39(51)46(37(28)49)25-6-4-5-22(17-25)40(52)53)29(27)20-30-38(50)47(45-32-15-10-24(43)19-31(32)44)41(54)42(30,36)23-8-11-26(55-2)12-9-23/h4-13,15-19,28-30,35-36,45,48H,3,14,20H2,1-2H3,(H,52,53). The number of nitrogens with one attached hydrogen (secondary N) is 1. The first kappa shape index (κ1) is 37.1. The minimum absolute atomic E-state index is 0.0189. The van der Waals surface area contributed by atoms with E-state index in [9.17, 15) is 29.4 Å². The summed E-state index contributed by atoms with van der Waals surface area (Å²) in [6.45, 7) is 2.00. The number of aromatic hydroxyl groups is 1. The van der Waals surface area contributed by atoms with Gasteiger partial charge in [-0.05, 0) is 97.5 Å². The minimum atomic E-state index is -1.62. The molecular weight excluding hydrogens is 761 g/mol. The maximum atomic E-state index is 15.5. The number of hydrogen-bond acceptors (Lipinski definition) is 9. The normalized spacial score (nSPS) is 25.4. The van der Waals surface area contributed by atoms with Gasteiger partial charge in [0.2, 0.25) is 11.8 Å². The second kappa shape index (κ2) is 14.0. The van der Waals surface area contributed by atoms with Gasteiger partial charge in [-0.3, -0.25) is 29.5 Å². The van der Waals surface area contributed by atoms with Crippen LogP contribution in [0.25, 0.3) is 0 Å². The summed E-state index contributed by atoms with van der Waals surface area (Å²) in [4.78, 5) is 72.1. The van der Waals surface area contributed by atoms with Gasteiger partial charge in [-0.15, -0.1) is 0 Å². The van der Waals surface area contributed by atoms with Crippen LogP contribution in [-0.4, -0.2) is 58.5 Å². The number of nitrogens with zero attached hydrogens (tertiary/aromatic N) is 2. The molecule has 2 heterocycles. The number of ether oxygens (including phenoxy) is 2. The Morgan fingerprint density at radius 1 is 0.929 bits per heavy atom. The van der Waals surface area contributed by atoms with Crippen LogP contribution in [0.4, 0.5) is 11.4 Å². The molecule has 4 amide bonds. The molecule has 6 atom stereocenters. The number of hydrogen-bond donors (Lipinski definition) is 3. The lowest BCUT2D eigenvalue weighted by Gasteiger charge is -2.50. The van der Waals surface area contributed by atoms with Gasteiger partial charge in [0.15, 0.2) is 11.5 Å². The van der Waals surface area contributed by atoms with Crippen molar-refractivity contribution in [3.05, 3.63) is 123 Å². The Kier molecular flexibility index (Phi) is 9.29. The topological polar surface area (TPSA) is 163 Å². The van der Waals surface area contributed by atoms with E-state index in [-0.39, 0.29) is 52.9 Å². The highest BCUT2D eigenvalue weighted by molar-refractivity contribution is 6.36. The molecule has 1 saturated carbocycles. The van der Waals surface area contributed by atoms with Gasteiger partial charge in [-0.2, -0.15) is 5.01 Å². The highest BCUT2D eigenvalue weighted by Crippen LogP contribution is 2.64. The second-order valence-corrected chi connectivity index (χ2v) is 15.1. The molecule has 0 aromatic heterocycles. The van der Waals surface area contributed by atoms with E-state index < -0.39 is 64.6 Å². The molecule has 0 bridgehead atoms. The third-order valence-corrected chi connectivity index (χ3v) is 12.1. The fourth-order valence-corrected chi connectivity index (χ4v) is 9.68. The first-order chi connectivity index (χ1) is 26.9. The lowest BCUT2D eigenvalue weighted by atomic mass is 9.49. The van der Waals surface area contributed by atoms with E-state index >= 15 is 4.79 Å². The Hall–Kier alpha value is -5.85. The van der Waals surface area contributed by atoms with E-state index in [0.29, 0.717) is 27.5 Å². The number of benzene rings is 4. The molecular formula is C42H35Cl2N3O9. The van der Waals surface area contributed by atoms with Crippen LogP contribution in [0.2, 0.25) is 10.0 Å². The van der Waals surface area contributed by atoms with E-state index in [1.807, 2.05) is 6.08 Å². The summed E-state index contributed by atoms with van der Waals surface area (Å²) in [7, 11) is 1.52. The number of phenolic OH excluding ortho intramolecular Hbond substituents is 1. The fourth-order valence-electron chi connectivity index (χ4n) is 9.23. The number of imide groups is 2. The third-order valence-electron chi connectivity index (χ3n) is 11.5. The average molecular weight is 797 g/mol. The molecule has 286 valence electrons. The number of carbonyl (C=O) groups excluding carboxylic acids is 4. The Morgan fingerprint density at radius 3 is 2.39 bits per heavy atom. The fraction of sp³-hybridized carbons (Fsp3) is 0.262. The molecule has 0 radical (unpaired) electrons. The highest BCUT2D eigenvalue weighted by Gasteiger charge is 2.70. The Morgan fingerprint density at radius 2 is 1.70 bits per heavy atom. The number of allylic oxidation sites excluding steroid dienone is 2. The molecule has 2 aliphatic heterocycles. The minimum Gasteiger partial charge on any atom is -0.504 e. The molecule has 56 heavy (non-hydrogen) atoms. The Balaban J connectivity index is 1.33.